The van der Waals surface area contributed by atoms with Gasteiger partial charge in [-0.05, 0) is 38.1 Å². The first kappa shape index (κ1) is 22.4. The molecule has 0 spiro atoms. The van der Waals surface area contributed by atoms with Crippen LogP contribution in [0.2, 0.25) is 5.15 Å². The topological polar surface area (TPSA) is 52.5 Å². The van der Waals surface area contributed by atoms with Gasteiger partial charge in [0.1, 0.15) is 5.15 Å². The number of aromatic nitrogens is 1. The van der Waals surface area contributed by atoms with E-state index in [0.717, 1.165) is 44.1 Å². The van der Waals surface area contributed by atoms with Crippen molar-refractivity contribution in [1.29, 1.82) is 0 Å². The number of nitrogens with one attached hydrogen (secondary N) is 2. The Balaban J connectivity index is 0.00000484. The number of guanidine groups is 1. The minimum atomic E-state index is 0. The molecular weight excluding hydrogens is 425 g/mol. The molecule has 0 bridgehead atoms. The smallest absolute Gasteiger partial charge is 0.191 e. The lowest BCUT2D eigenvalue weighted by atomic mass is 10.2. The quantitative estimate of drug-likeness (QED) is 0.275. The highest BCUT2D eigenvalue weighted by atomic mass is 127. The van der Waals surface area contributed by atoms with Crippen molar-refractivity contribution >= 4 is 41.5 Å². The van der Waals surface area contributed by atoms with Crippen LogP contribution in [0.25, 0.3) is 0 Å². The first-order valence-electron chi connectivity index (χ1n) is 7.89. The van der Waals surface area contributed by atoms with Crippen molar-refractivity contribution in [3.8, 4) is 0 Å². The molecule has 0 aliphatic rings. The molecule has 1 aromatic heterocycles. The molecule has 0 aromatic carbocycles. The molecule has 7 heteroatoms. The molecule has 0 aliphatic heterocycles. The first-order chi connectivity index (χ1) is 10.6. The predicted octanol–water partition coefficient (Wildman–Crippen LogP) is 2.79. The van der Waals surface area contributed by atoms with Gasteiger partial charge in [-0.3, -0.25) is 9.89 Å². The van der Waals surface area contributed by atoms with E-state index in [2.05, 4.69) is 46.3 Å². The zero-order valence-electron chi connectivity index (χ0n) is 14.5. The SMILES string of the molecule is CCN(CC)C(C)CNC(=NC)NCCc1ccc(Cl)nc1.I. The van der Waals surface area contributed by atoms with Crippen molar-refractivity contribution in [2.75, 3.05) is 33.2 Å². The Morgan fingerprint density at radius 3 is 2.52 bits per heavy atom. The molecule has 23 heavy (non-hydrogen) atoms. The van der Waals surface area contributed by atoms with E-state index in [0.29, 0.717) is 11.2 Å². The van der Waals surface area contributed by atoms with Crippen molar-refractivity contribution in [3.05, 3.63) is 29.0 Å². The molecule has 1 rings (SSSR count). The monoisotopic (exact) mass is 453 g/mol. The van der Waals surface area contributed by atoms with E-state index in [4.69, 9.17) is 11.6 Å². The van der Waals surface area contributed by atoms with Gasteiger partial charge < -0.3 is 10.6 Å². The first-order valence-corrected chi connectivity index (χ1v) is 8.27. The van der Waals surface area contributed by atoms with Crippen LogP contribution in [0.5, 0.6) is 0 Å². The van der Waals surface area contributed by atoms with E-state index in [1.807, 2.05) is 18.3 Å². The Morgan fingerprint density at radius 1 is 1.30 bits per heavy atom. The number of hydrogen-bond donors (Lipinski definition) is 2. The Hall–Kier alpha value is -0.600. The number of pyridine rings is 1. The molecule has 0 aliphatic carbocycles. The second-order valence-corrected chi connectivity index (χ2v) is 5.58. The maximum Gasteiger partial charge on any atom is 0.191 e. The Bertz CT molecular complexity index is 448. The van der Waals surface area contributed by atoms with E-state index in [1.54, 1.807) is 7.05 Å². The summed E-state index contributed by atoms with van der Waals surface area (Å²) in [5.41, 5.74) is 1.16. The minimum absolute atomic E-state index is 0. The van der Waals surface area contributed by atoms with Crippen molar-refractivity contribution in [3.63, 3.8) is 0 Å². The summed E-state index contributed by atoms with van der Waals surface area (Å²) in [6.45, 7) is 10.4. The van der Waals surface area contributed by atoms with Gasteiger partial charge >= 0.3 is 0 Å². The van der Waals surface area contributed by atoms with Crippen molar-refractivity contribution in [2.45, 2.75) is 33.2 Å². The highest BCUT2D eigenvalue weighted by Crippen LogP contribution is 2.05. The molecule has 1 aromatic rings. The molecule has 0 amide bonds. The molecule has 0 fully saturated rings. The van der Waals surface area contributed by atoms with Gasteiger partial charge in [0.2, 0.25) is 0 Å². The molecule has 1 heterocycles. The number of hydrogen-bond acceptors (Lipinski definition) is 3. The van der Waals surface area contributed by atoms with Crippen LogP contribution < -0.4 is 10.6 Å². The summed E-state index contributed by atoms with van der Waals surface area (Å²) in [7, 11) is 1.79. The summed E-state index contributed by atoms with van der Waals surface area (Å²) in [5.74, 6) is 0.834. The Labute approximate surface area is 162 Å². The molecule has 1 unspecified atom stereocenters. The lowest BCUT2D eigenvalue weighted by molar-refractivity contribution is 0.231. The van der Waals surface area contributed by atoms with E-state index in [-0.39, 0.29) is 24.0 Å². The van der Waals surface area contributed by atoms with Gasteiger partial charge in [-0.2, -0.15) is 0 Å². The van der Waals surface area contributed by atoms with Crippen molar-refractivity contribution < 1.29 is 0 Å². The second kappa shape index (κ2) is 12.8. The third-order valence-electron chi connectivity index (χ3n) is 3.72. The highest BCUT2D eigenvalue weighted by molar-refractivity contribution is 14.0. The largest absolute Gasteiger partial charge is 0.356 e. The van der Waals surface area contributed by atoms with Crippen LogP contribution >= 0.6 is 35.6 Å². The molecule has 5 nitrogen and oxygen atoms in total. The summed E-state index contributed by atoms with van der Waals surface area (Å²) < 4.78 is 0. The summed E-state index contributed by atoms with van der Waals surface area (Å²) in [4.78, 5) is 10.8. The minimum Gasteiger partial charge on any atom is -0.356 e. The number of aliphatic imine (C=N–C) groups is 1. The Kier molecular flexibility index (Phi) is 12.4. The van der Waals surface area contributed by atoms with Crippen LogP contribution in [0, 0.1) is 0 Å². The van der Waals surface area contributed by atoms with Crippen LogP contribution in [0.4, 0.5) is 0 Å². The van der Waals surface area contributed by atoms with E-state index in [9.17, 15) is 0 Å². The molecule has 0 radical (unpaired) electrons. The number of rotatable bonds is 8. The zero-order valence-corrected chi connectivity index (χ0v) is 17.6. The van der Waals surface area contributed by atoms with Gasteiger partial charge in [0.05, 0.1) is 0 Å². The Morgan fingerprint density at radius 2 is 2.00 bits per heavy atom. The fourth-order valence-corrected chi connectivity index (χ4v) is 2.43. The van der Waals surface area contributed by atoms with Gasteiger partial charge in [0, 0.05) is 32.4 Å². The molecule has 0 saturated heterocycles. The third kappa shape index (κ3) is 8.72. The standard InChI is InChI=1S/C16H28ClN5.HI/c1-5-22(6-2)13(3)11-21-16(18-4)19-10-9-14-7-8-15(17)20-12-14;/h7-8,12-13H,5-6,9-11H2,1-4H3,(H2,18,19,21);1H. The summed E-state index contributed by atoms with van der Waals surface area (Å²) in [6, 6.07) is 4.29. The van der Waals surface area contributed by atoms with Gasteiger partial charge in [0.15, 0.2) is 5.96 Å². The average molecular weight is 454 g/mol. The highest BCUT2D eigenvalue weighted by Gasteiger charge is 2.10. The summed E-state index contributed by atoms with van der Waals surface area (Å²) in [6.07, 6.45) is 2.69. The number of halogens is 2. The van der Waals surface area contributed by atoms with Gasteiger partial charge in [-0.1, -0.05) is 31.5 Å². The zero-order chi connectivity index (χ0) is 16.4. The molecular formula is C16H29ClIN5. The lowest BCUT2D eigenvalue weighted by Crippen LogP contribution is -2.46. The molecule has 0 saturated carbocycles. The van der Waals surface area contributed by atoms with E-state index >= 15 is 0 Å². The van der Waals surface area contributed by atoms with Crippen molar-refractivity contribution in [2.24, 2.45) is 4.99 Å². The van der Waals surface area contributed by atoms with Crippen LogP contribution in [0.15, 0.2) is 23.3 Å². The van der Waals surface area contributed by atoms with E-state index < -0.39 is 0 Å². The van der Waals surface area contributed by atoms with Crippen LogP contribution in [0.1, 0.15) is 26.3 Å². The van der Waals surface area contributed by atoms with Gasteiger partial charge in [-0.25, -0.2) is 4.98 Å². The number of nitrogens with zero attached hydrogens (tertiary/aromatic N) is 3. The van der Waals surface area contributed by atoms with Crippen molar-refractivity contribution in [1.82, 2.24) is 20.5 Å². The third-order valence-corrected chi connectivity index (χ3v) is 3.94. The maximum atomic E-state index is 5.78. The molecule has 132 valence electrons. The number of likely N-dealkylation sites (N-methyl/N-ethyl adjacent to an activating group) is 1. The fraction of sp³-hybridized carbons (Fsp3) is 0.625. The fourth-order valence-electron chi connectivity index (χ4n) is 2.32. The van der Waals surface area contributed by atoms with Crippen LogP contribution in [-0.2, 0) is 6.42 Å². The average Bonchev–Trinajstić information content (AvgIpc) is 2.53. The van der Waals surface area contributed by atoms with Crippen LogP contribution in [0.3, 0.4) is 0 Å². The lowest BCUT2D eigenvalue weighted by Gasteiger charge is -2.27. The molecule has 1 atom stereocenters. The van der Waals surface area contributed by atoms with Gasteiger partial charge in [-0.15, -0.1) is 24.0 Å². The molecule has 2 N–H and O–H groups in total. The van der Waals surface area contributed by atoms with Gasteiger partial charge in [0.25, 0.3) is 0 Å². The van der Waals surface area contributed by atoms with Crippen LogP contribution in [-0.4, -0.2) is 55.1 Å². The predicted molar refractivity (Wildman–Crippen MR) is 110 cm³/mol. The second-order valence-electron chi connectivity index (χ2n) is 5.19. The maximum absolute atomic E-state index is 5.78. The summed E-state index contributed by atoms with van der Waals surface area (Å²) in [5, 5.41) is 7.22. The normalized spacial score (nSPS) is 12.7. The summed E-state index contributed by atoms with van der Waals surface area (Å²) >= 11 is 5.78. The van der Waals surface area contributed by atoms with E-state index in [1.165, 1.54) is 0 Å².